The van der Waals surface area contributed by atoms with E-state index in [-0.39, 0.29) is 6.61 Å². The Morgan fingerprint density at radius 3 is 1.52 bits per heavy atom. The lowest BCUT2D eigenvalue weighted by molar-refractivity contribution is -0.138. The highest BCUT2D eigenvalue weighted by Gasteiger charge is 2.12. The van der Waals surface area contributed by atoms with E-state index in [1.807, 2.05) is 24.3 Å². The summed E-state index contributed by atoms with van der Waals surface area (Å²) in [4.78, 5) is 13.5. The van der Waals surface area contributed by atoms with Gasteiger partial charge in [-0.2, -0.15) is 0 Å². The molecule has 164 valence electrons. The molecule has 4 rings (SSSR count). The van der Waals surface area contributed by atoms with Crippen LogP contribution in [0.2, 0.25) is 0 Å². The van der Waals surface area contributed by atoms with Crippen molar-refractivity contribution in [3.8, 4) is 11.1 Å². The van der Waals surface area contributed by atoms with Gasteiger partial charge in [0, 0.05) is 23.1 Å². The molecular weight excluding hydrogens is 406 g/mol. The van der Waals surface area contributed by atoms with Crippen molar-refractivity contribution < 1.29 is 9.53 Å². The third kappa shape index (κ3) is 5.39. The smallest absolute Gasteiger partial charge is 0.330 e. The standard InChI is InChI=1S/C30H27NO2/c1-4-30(32)33-21-24-9-11-25(12-10-24)26-13-19-29(20-14-26)31(27-15-5-22(2)6-16-27)28-17-7-23(3)8-18-28/h4-20H,1,21H2,2-3H3. The van der Waals surface area contributed by atoms with Gasteiger partial charge in [0.1, 0.15) is 6.61 Å². The summed E-state index contributed by atoms with van der Waals surface area (Å²) in [6, 6.07) is 33.8. The van der Waals surface area contributed by atoms with Gasteiger partial charge < -0.3 is 9.64 Å². The fourth-order valence-electron chi connectivity index (χ4n) is 3.64. The molecule has 0 aliphatic carbocycles. The van der Waals surface area contributed by atoms with Gasteiger partial charge >= 0.3 is 5.97 Å². The zero-order valence-electron chi connectivity index (χ0n) is 19.0. The maximum Gasteiger partial charge on any atom is 0.330 e. The number of carbonyl (C=O) groups is 1. The molecule has 0 bridgehead atoms. The highest BCUT2D eigenvalue weighted by molar-refractivity contribution is 5.81. The van der Waals surface area contributed by atoms with E-state index in [4.69, 9.17) is 4.74 Å². The van der Waals surface area contributed by atoms with Crippen LogP contribution >= 0.6 is 0 Å². The van der Waals surface area contributed by atoms with Crippen LogP contribution in [0.5, 0.6) is 0 Å². The summed E-state index contributed by atoms with van der Waals surface area (Å²) >= 11 is 0. The van der Waals surface area contributed by atoms with Gasteiger partial charge in [-0.3, -0.25) is 0 Å². The van der Waals surface area contributed by atoms with Crippen LogP contribution in [0.4, 0.5) is 17.1 Å². The van der Waals surface area contributed by atoms with Crippen molar-refractivity contribution in [1.82, 2.24) is 0 Å². The predicted molar refractivity (Wildman–Crippen MR) is 136 cm³/mol. The topological polar surface area (TPSA) is 29.5 Å². The molecule has 3 heteroatoms. The molecule has 0 saturated carbocycles. The van der Waals surface area contributed by atoms with E-state index in [1.165, 1.54) is 17.2 Å². The second-order valence-electron chi connectivity index (χ2n) is 8.06. The third-order valence-electron chi connectivity index (χ3n) is 5.54. The number of aryl methyl sites for hydroxylation is 2. The first kappa shape index (κ1) is 22.1. The van der Waals surface area contributed by atoms with E-state index in [1.54, 1.807) is 0 Å². The van der Waals surface area contributed by atoms with E-state index in [2.05, 4.69) is 98.1 Å². The second kappa shape index (κ2) is 10.0. The van der Waals surface area contributed by atoms with Crippen molar-refractivity contribution in [3.63, 3.8) is 0 Å². The Labute approximate surface area is 195 Å². The molecular formula is C30H27NO2. The molecule has 3 nitrogen and oxygen atoms in total. The van der Waals surface area contributed by atoms with Crippen molar-refractivity contribution in [2.45, 2.75) is 20.5 Å². The average Bonchev–Trinajstić information content (AvgIpc) is 2.86. The van der Waals surface area contributed by atoms with Crippen molar-refractivity contribution >= 4 is 23.0 Å². The number of rotatable bonds is 7. The number of ether oxygens (including phenoxy) is 1. The zero-order chi connectivity index (χ0) is 23.2. The second-order valence-corrected chi connectivity index (χ2v) is 8.06. The number of nitrogens with zero attached hydrogens (tertiary/aromatic N) is 1. The number of anilines is 3. The lowest BCUT2D eigenvalue weighted by Gasteiger charge is -2.26. The van der Waals surface area contributed by atoms with E-state index >= 15 is 0 Å². The molecule has 0 aliphatic rings. The van der Waals surface area contributed by atoms with Gasteiger partial charge in [0.15, 0.2) is 0 Å². The number of esters is 1. The molecule has 33 heavy (non-hydrogen) atoms. The maximum absolute atomic E-state index is 11.3. The highest BCUT2D eigenvalue weighted by Crippen LogP contribution is 2.35. The van der Waals surface area contributed by atoms with Gasteiger partial charge in [0.05, 0.1) is 0 Å². The minimum Gasteiger partial charge on any atom is -0.458 e. The molecule has 0 amide bonds. The lowest BCUT2D eigenvalue weighted by atomic mass is 10.0. The van der Waals surface area contributed by atoms with Gasteiger partial charge in [0.2, 0.25) is 0 Å². The van der Waals surface area contributed by atoms with E-state index < -0.39 is 5.97 Å². The number of benzene rings is 4. The Balaban J connectivity index is 1.60. The first-order valence-corrected chi connectivity index (χ1v) is 11.0. The van der Waals surface area contributed by atoms with Crippen LogP contribution in [0, 0.1) is 13.8 Å². The first-order valence-electron chi connectivity index (χ1n) is 11.0. The van der Waals surface area contributed by atoms with Gasteiger partial charge in [-0.05, 0) is 66.9 Å². The maximum atomic E-state index is 11.3. The van der Waals surface area contributed by atoms with Crippen LogP contribution in [-0.2, 0) is 16.1 Å². The van der Waals surface area contributed by atoms with Crippen molar-refractivity contribution in [2.24, 2.45) is 0 Å². The summed E-state index contributed by atoms with van der Waals surface area (Å²) in [6.45, 7) is 7.86. The molecule has 0 aliphatic heterocycles. The van der Waals surface area contributed by atoms with Gasteiger partial charge in [-0.1, -0.05) is 78.4 Å². The van der Waals surface area contributed by atoms with Crippen LogP contribution in [0.3, 0.4) is 0 Å². The molecule has 0 spiro atoms. The Hall–Kier alpha value is -4.11. The fraction of sp³-hybridized carbons (Fsp3) is 0.100. The van der Waals surface area contributed by atoms with Gasteiger partial charge in [0.25, 0.3) is 0 Å². The molecule has 0 aromatic heterocycles. The largest absolute Gasteiger partial charge is 0.458 e. The fourth-order valence-corrected chi connectivity index (χ4v) is 3.64. The van der Waals surface area contributed by atoms with E-state index in [9.17, 15) is 4.79 Å². The quantitative estimate of drug-likeness (QED) is 0.221. The molecule has 0 atom stereocenters. The van der Waals surface area contributed by atoms with Crippen LogP contribution < -0.4 is 4.90 Å². The van der Waals surface area contributed by atoms with E-state index in [0.29, 0.717) is 0 Å². The molecule has 4 aromatic carbocycles. The summed E-state index contributed by atoms with van der Waals surface area (Å²) < 4.78 is 5.10. The highest BCUT2D eigenvalue weighted by atomic mass is 16.5. The minimum atomic E-state index is -0.415. The molecule has 0 heterocycles. The van der Waals surface area contributed by atoms with Crippen LogP contribution in [0.25, 0.3) is 11.1 Å². The summed E-state index contributed by atoms with van der Waals surface area (Å²) in [5.41, 5.74) is 8.99. The summed E-state index contributed by atoms with van der Waals surface area (Å²) in [5.74, 6) is -0.415. The number of hydrogen-bond donors (Lipinski definition) is 0. The molecule has 0 N–H and O–H groups in total. The van der Waals surface area contributed by atoms with Gasteiger partial charge in [-0.15, -0.1) is 0 Å². The predicted octanol–water partition coefficient (Wildman–Crippen LogP) is 7.67. The van der Waals surface area contributed by atoms with Crippen LogP contribution in [-0.4, -0.2) is 5.97 Å². The SMILES string of the molecule is C=CC(=O)OCc1ccc(-c2ccc(N(c3ccc(C)cc3)c3ccc(C)cc3)cc2)cc1. The van der Waals surface area contributed by atoms with Gasteiger partial charge in [-0.25, -0.2) is 4.79 Å². The van der Waals surface area contributed by atoms with Crippen molar-refractivity contribution in [1.29, 1.82) is 0 Å². The Kier molecular flexibility index (Phi) is 6.70. The number of hydrogen-bond acceptors (Lipinski definition) is 3. The lowest BCUT2D eigenvalue weighted by Crippen LogP contribution is -2.09. The average molecular weight is 434 g/mol. The Morgan fingerprint density at radius 1 is 0.697 bits per heavy atom. The summed E-state index contributed by atoms with van der Waals surface area (Å²) in [5, 5.41) is 0. The normalized spacial score (nSPS) is 10.5. The van der Waals surface area contributed by atoms with E-state index in [0.717, 1.165) is 33.8 Å². The minimum absolute atomic E-state index is 0.242. The molecule has 0 fully saturated rings. The summed E-state index contributed by atoms with van der Waals surface area (Å²) in [6.07, 6.45) is 1.17. The first-order chi connectivity index (χ1) is 16.0. The molecule has 0 radical (unpaired) electrons. The van der Waals surface area contributed by atoms with Crippen molar-refractivity contribution in [2.75, 3.05) is 4.90 Å². The van der Waals surface area contributed by atoms with Crippen molar-refractivity contribution in [3.05, 3.63) is 126 Å². The Morgan fingerprint density at radius 2 is 1.09 bits per heavy atom. The van der Waals surface area contributed by atoms with Crippen LogP contribution in [0.15, 0.2) is 110 Å². The monoisotopic (exact) mass is 433 g/mol. The Bertz CT molecular complexity index is 1180. The zero-order valence-corrected chi connectivity index (χ0v) is 19.0. The third-order valence-corrected chi connectivity index (χ3v) is 5.54. The molecule has 0 unspecified atom stereocenters. The molecule has 4 aromatic rings. The van der Waals surface area contributed by atoms with Crippen LogP contribution in [0.1, 0.15) is 16.7 Å². The summed E-state index contributed by atoms with van der Waals surface area (Å²) in [7, 11) is 0. The molecule has 0 saturated heterocycles. The number of carbonyl (C=O) groups excluding carboxylic acids is 1.